The van der Waals surface area contributed by atoms with Crippen LogP contribution in [-0.2, 0) is 17.8 Å². The molecule has 0 aliphatic carbocycles. The minimum atomic E-state index is -0.319. The van der Waals surface area contributed by atoms with E-state index in [1.165, 1.54) is 7.11 Å². The molecule has 6 nitrogen and oxygen atoms in total. The minimum Gasteiger partial charge on any atom is -0.465 e. The third-order valence-corrected chi connectivity index (χ3v) is 4.06. The molecule has 0 aliphatic heterocycles. The van der Waals surface area contributed by atoms with Gasteiger partial charge in [-0.25, -0.2) is 4.79 Å². The van der Waals surface area contributed by atoms with E-state index in [1.54, 1.807) is 6.20 Å². The number of hydrogen-bond donors (Lipinski definition) is 0. The highest BCUT2D eigenvalue weighted by Gasteiger charge is 2.19. The smallest absolute Gasteiger partial charge is 0.338 e. The van der Waals surface area contributed by atoms with Crippen molar-refractivity contribution in [1.82, 2.24) is 19.6 Å². The van der Waals surface area contributed by atoms with Crippen LogP contribution in [0.15, 0.2) is 30.6 Å². The fraction of sp³-hybridized carbons (Fsp3) is 0.389. The molecule has 0 N–H and O–H groups in total. The number of ether oxygens (including phenoxy) is 1. The quantitative estimate of drug-likeness (QED) is 0.676. The summed E-state index contributed by atoms with van der Waals surface area (Å²) in [6.07, 6.45) is 3.68. The van der Waals surface area contributed by atoms with Crippen LogP contribution in [0, 0.1) is 12.8 Å². The summed E-state index contributed by atoms with van der Waals surface area (Å²) in [6, 6.07) is 5.67. The first-order valence-corrected chi connectivity index (χ1v) is 8.06. The lowest BCUT2D eigenvalue weighted by atomic mass is 10.0. The number of aromatic nitrogens is 4. The van der Waals surface area contributed by atoms with E-state index in [-0.39, 0.29) is 5.97 Å². The predicted molar refractivity (Wildman–Crippen MR) is 92.0 cm³/mol. The molecule has 0 spiro atoms. The molecule has 6 heteroatoms. The highest BCUT2D eigenvalue weighted by Crippen LogP contribution is 2.27. The Bertz CT molecular complexity index is 863. The predicted octanol–water partition coefficient (Wildman–Crippen LogP) is 3.03. The molecule has 1 aromatic carbocycles. The van der Waals surface area contributed by atoms with E-state index in [2.05, 4.69) is 18.9 Å². The zero-order valence-electron chi connectivity index (χ0n) is 14.5. The third-order valence-electron chi connectivity index (χ3n) is 4.06. The molecule has 0 saturated heterocycles. The number of methoxy groups -OCH3 is 1. The van der Waals surface area contributed by atoms with E-state index in [0.29, 0.717) is 18.0 Å². The Morgan fingerprint density at radius 2 is 2.12 bits per heavy atom. The molecule has 0 bridgehead atoms. The van der Waals surface area contributed by atoms with Crippen LogP contribution in [0.5, 0.6) is 0 Å². The lowest BCUT2D eigenvalue weighted by molar-refractivity contribution is 0.0600. The van der Waals surface area contributed by atoms with Gasteiger partial charge in [0.2, 0.25) is 0 Å². The molecule has 3 rings (SSSR count). The zero-order chi connectivity index (χ0) is 17.3. The number of rotatable bonds is 5. The van der Waals surface area contributed by atoms with Crippen molar-refractivity contribution in [2.45, 2.75) is 33.9 Å². The van der Waals surface area contributed by atoms with Gasteiger partial charge in [-0.2, -0.15) is 10.2 Å². The molecule has 2 heterocycles. The Kier molecular flexibility index (Phi) is 4.38. The van der Waals surface area contributed by atoms with E-state index in [1.807, 2.05) is 40.7 Å². The van der Waals surface area contributed by atoms with Crippen molar-refractivity contribution in [1.29, 1.82) is 0 Å². The second-order valence-electron chi connectivity index (χ2n) is 6.35. The maximum Gasteiger partial charge on any atom is 0.338 e. The number of aryl methyl sites for hydroxylation is 1. The van der Waals surface area contributed by atoms with Gasteiger partial charge in [-0.15, -0.1) is 0 Å². The Labute approximate surface area is 141 Å². The molecule has 0 atom stereocenters. The molecule has 0 unspecified atom stereocenters. The standard InChI is InChI=1S/C18H22N4O2/c1-12(2)10-22-17-13(3)14(18(23)24-4)6-7-15(17)16(20-22)11-21-9-5-8-19-21/h5-9,12H,10-11H2,1-4H3. The number of hydrogen-bond acceptors (Lipinski definition) is 4. The van der Waals surface area contributed by atoms with Gasteiger partial charge in [0.25, 0.3) is 0 Å². The van der Waals surface area contributed by atoms with Crippen LogP contribution in [-0.4, -0.2) is 32.6 Å². The van der Waals surface area contributed by atoms with Gasteiger partial charge in [0.15, 0.2) is 0 Å². The summed E-state index contributed by atoms with van der Waals surface area (Å²) < 4.78 is 8.75. The molecule has 3 aromatic rings. The maximum atomic E-state index is 12.0. The summed E-state index contributed by atoms with van der Waals surface area (Å²) in [5, 5.41) is 10.1. The molecule has 0 fully saturated rings. The van der Waals surface area contributed by atoms with Crippen molar-refractivity contribution in [3.63, 3.8) is 0 Å². The van der Waals surface area contributed by atoms with E-state index < -0.39 is 0 Å². The van der Waals surface area contributed by atoms with Gasteiger partial charge in [-0.1, -0.05) is 13.8 Å². The molecule has 2 aromatic heterocycles. The Morgan fingerprint density at radius 3 is 2.75 bits per heavy atom. The summed E-state index contributed by atoms with van der Waals surface area (Å²) in [6.45, 7) is 7.65. The van der Waals surface area contributed by atoms with Crippen LogP contribution in [0.3, 0.4) is 0 Å². The third kappa shape index (κ3) is 2.91. The first-order valence-electron chi connectivity index (χ1n) is 8.06. The van der Waals surface area contributed by atoms with Gasteiger partial charge in [-0.3, -0.25) is 9.36 Å². The van der Waals surface area contributed by atoms with Crippen molar-refractivity contribution in [2.24, 2.45) is 5.92 Å². The van der Waals surface area contributed by atoms with Crippen LogP contribution >= 0.6 is 0 Å². The summed E-state index contributed by atoms with van der Waals surface area (Å²) in [5.41, 5.74) is 3.43. The van der Waals surface area contributed by atoms with Gasteiger partial charge < -0.3 is 4.74 Å². The van der Waals surface area contributed by atoms with Gasteiger partial charge in [0.05, 0.1) is 30.4 Å². The van der Waals surface area contributed by atoms with E-state index in [0.717, 1.165) is 28.7 Å². The first kappa shape index (κ1) is 16.2. The summed E-state index contributed by atoms with van der Waals surface area (Å²) >= 11 is 0. The average molecular weight is 326 g/mol. The second-order valence-corrected chi connectivity index (χ2v) is 6.35. The Hall–Kier alpha value is -2.63. The lowest BCUT2D eigenvalue weighted by Crippen LogP contribution is -2.09. The van der Waals surface area contributed by atoms with Crippen LogP contribution in [0.25, 0.3) is 10.9 Å². The van der Waals surface area contributed by atoms with Gasteiger partial charge in [-0.05, 0) is 36.6 Å². The molecule has 24 heavy (non-hydrogen) atoms. The van der Waals surface area contributed by atoms with Gasteiger partial charge >= 0.3 is 5.97 Å². The molecule has 0 saturated carbocycles. The summed E-state index contributed by atoms with van der Waals surface area (Å²) in [4.78, 5) is 12.0. The van der Waals surface area contributed by atoms with Crippen LogP contribution < -0.4 is 0 Å². The van der Waals surface area contributed by atoms with E-state index in [9.17, 15) is 4.79 Å². The monoisotopic (exact) mass is 326 g/mol. The summed E-state index contributed by atoms with van der Waals surface area (Å²) in [7, 11) is 1.40. The number of fused-ring (bicyclic) bond motifs is 1. The highest BCUT2D eigenvalue weighted by molar-refractivity contribution is 5.98. The fourth-order valence-corrected chi connectivity index (χ4v) is 2.99. The molecule has 0 aliphatic rings. The van der Waals surface area contributed by atoms with Crippen molar-refractivity contribution in [2.75, 3.05) is 7.11 Å². The normalized spacial score (nSPS) is 11.4. The van der Waals surface area contributed by atoms with E-state index in [4.69, 9.17) is 9.84 Å². The lowest BCUT2D eigenvalue weighted by Gasteiger charge is -2.10. The highest BCUT2D eigenvalue weighted by atomic mass is 16.5. The Balaban J connectivity index is 2.16. The van der Waals surface area contributed by atoms with E-state index >= 15 is 0 Å². The largest absolute Gasteiger partial charge is 0.465 e. The Morgan fingerprint density at radius 1 is 1.33 bits per heavy atom. The number of benzene rings is 1. The van der Waals surface area contributed by atoms with Gasteiger partial charge in [0, 0.05) is 24.3 Å². The first-order chi connectivity index (χ1) is 11.5. The topological polar surface area (TPSA) is 61.9 Å². The SMILES string of the molecule is COC(=O)c1ccc2c(Cn3cccn3)nn(CC(C)C)c2c1C. The second kappa shape index (κ2) is 6.47. The van der Waals surface area contributed by atoms with Crippen molar-refractivity contribution < 1.29 is 9.53 Å². The molecule has 0 amide bonds. The van der Waals surface area contributed by atoms with Crippen LogP contribution in [0.1, 0.15) is 35.5 Å². The minimum absolute atomic E-state index is 0.319. The number of esters is 1. The van der Waals surface area contributed by atoms with Crippen molar-refractivity contribution >= 4 is 16.9 Å². The number of nitrogens with zero attached hydrogens (tertiary/aromatic N) is 4. The fourth-order valence-electron chi connectivity index (χ4n) is 2.99. The molecular weight excluding hydrogens is 304 g/mol. The molecule has 126 valence electrons. The van der Waals surface area contributed by atoms with Crippen molar-refractivity contribution in [3.8, 4) is 0 Å². The maximum absolute atomic E-state index is 12.0. The molecule has 0 radical (unpaired) electrons. The van der Waals surface area contributed by atoms with Gasteiger partial charge in [0.1, 0.15) is 0 Å². The zero-order valence-corrected chi connectivity index (χ0v) is 14.5. The van der Waals surface area contributed by atoms with Crippen molar-refractivity contribution in [3.05, 3.63) is 47.4 Å². The summed E-state index contributed by atoms with van der Waals surface area (Å²) in [5.74, 6) is 0.132. The van der Waals surface area contributed by atoms with Crippen LogP contribution in [0.2, 0.25) is 0 Å². The number of carbonyl (C=O) groups excluding carboxylic acids is 1. The average Bonchev–Trinajstić information content (AvgIpc) is 3.16. The molecular formula is C18H22N4O2. The van der Waals surface area contributed by atoms with Crippen LogP contribution in [0.4, 0.5) is 0 Å². The number of carbonyl (C=O) groups is 1.